The first-order valence-electron chi connectivity index (χ1n) is 9.71. The molecule has 1 N–H and O–H groups in total. The van der Waals surface area contributed by atoms with Crippen LogP contribution >= 0.6 is 0 Å². The summed E-state index contributed by atoms with van der Waals surface area (Å²) in [6, 6.07) is 9.70. The van der Waals surface area contributed by atoms with Gasteiger partial charge in [-0.05, 0) is 37.3 Å². The number of carbonyl (C=O) groups excluding carboxylic acids is 2. The summed E-state index contributed by atoms with van der Waals surface area (Å²) in [6.07, 6.45) is -5.12. The third kappa shape index (κ3) is 5.22. The van der Waals surface area contributed by atoms with Crippen molar-refractivity contribution in [2.24, 2.45) is 0 Å². The van der Waals surface area contributed by atoms with Gasteiger partial charge in [0.15, 0.2) is 5.78 Å². The van der Waals surface area contributed by atoms with Crippen molar-refractivity contribution in [2.45, 2.75) is 31.0 Å². The molecule has 0 spiro atoms. The minimum atomic E-state index is -4.81. The molecule has 0 radical (unpaired) electrons. The fraction of sp³-hybridized carbons (Fsp3) is 0.286. The zero-order valence-electron chi connectivity index (χ0n) is 18.0. The third-order valence-corrected chi connectivity index (χ3v) is 6.68. The molecule has 1 aromatic heterocycles. The SMILES string of the molecule is CC(=O)c1cccc(NC(=O)CCn2c(C(F)(F)F)nc3cc(S(=O)(=O)N(C)C)ccc32)c1. The van der Waals surface area contributed by atoms with Gasteiger partial charge in [-0.15, -0.1) is 0 Å². The van der Waals surface area contributed by atoms with Crippen molar-refractivity contribution in [3.05, 3.63) is 53.9 Å². The number of carbonyl (C=O) groups is 2. The average Bonchev–Trinajstić information content (AvgIpc) is 3.10. The van der Waals surface area contributed by atoms with Crippen LogP contribution in [0.25, 0.3) is 11.0 Å². The molecular weight excluding hydrogens is 461 g/mol. The first kappa shape index (κ1) is 24.4. The molecule has 0 saturated heterocycles. The second kappa shape index (κ2) is 8.94. The molecule has 0 aliphatic carbocycles. The number of amides is 1. The largest absolute Gasteiger partial charge is 0.449 e. The standard InChI is InChI=1S/C21H21F3N4O4S/c1-13(29)14-5-4-6-15(11-14)25-19(30)9-10-28-18-8-7-16(33(31,32)27(2)3)12-17(18)26-20(28)21(22,23)24/h4-8,11-12H,9-10H2,1-3H3,(H,25,30). The molecule has 3 rings (SSSR count). The molecule has 0 fully saturated rings. The quantitative estimate of drug-likeness (QED) is 0.519. The molecule has 176 valence electrons. The number of anilines is 1. The zero-order valence-corrected chi connectivity index (χ0v) is 18.8. The van der Waals surface area contributed by atoms with Crippen LogP contribution in [-0.4, -0.2) is 48.1 Å². The lowest BCUT2D eigenvalue weighted by Crippen LogP contribution is -2.22. The molecule has 12 heteroatoms. The number of benzene rings is 2. The molecular formula is C21H21F3N4O4S. The number of fused-ring (bicyclic) bond motifs is 1. The minimum Gasteiger partial charge on any atom is -0.326 e. The Morgan fingerprint density at radius 2 is 1.82 bits per heavy atom. The number of hydrogen-bond acceptors (Lipinski definition) is 5. The highest BCUT2D eigenvalue weighted by Crippen LogP contribution is 2.32. The summed E-state index contributed by atoms with van der Waals surface area (Å²) >= 11 is 0. The van der Waals surface area contributed by atoms with Crippen molar-refractivity contribution < 1.29 is 31.2 Å². The monoisotopic (exact) mass is 482 g/mol. The topological polar surface area (TPSA) is 101 Å². The fourth-order valence-electron chi connectivity index (χ4n) is 3.18. The van der Waals surface area contributed by atoms with Crippen LogP contribution in [0.3, 0.4) is 0 Å². The second-order valence-electron chi connectivity index (χ2n) is 7.46. The summed E-state index contributed by atoms with van der Waals surface area (Å²) < 4.78 is 67.2. The van der Waals surface area contributed by atoms with Gasteiger partial charge in [-0.2, -0.15) is 13.2 Å². The van der Waals surface area contributed by atoms with E-state index in [-0.39, 0.29) is 34.7 Å². The van der Waals surface area contributed by atoms with Gasteiger partial charge >= 0.3 is 6.18 Å². The van der Waals surface area contributed by atoms with Crippen molar-refractivity contribution in [1.29, 1.82) is 0 Å². The Labute approximate surface area is 188 Å². The third-order valence-electron chi connectivity index (χ3n) is 4.87. The molecule has 0 saturated carbocycles. The number of nitrogens with zero attached hydrogens (tertiary/aromatic N) is 3. The van der Waals surface area contributed by atoms with Crippen LogP contribution < -0.4 is 5.32 Å². The summed E-state index contributed by atoms with van der Waals surface area (Å²) in [6.45, 7) is 1.03. The number of aromatic nitrogens is 2. The van der Waals surface area contributed by atoms with E-state index in [2.05, 4.69) is 10.3 Å². The summed E-state index contributed by atoms with van der Waals surface area (Å²) in [5.74, 6) is -1.98. The van der Waals surface area contributed by atoms with Crippen molar-refractivity contribution in [3.8, 4) is 0 Å². The van der Waals surface area contributed by atoms with E-state index >= 15 is 0 Å². The van der Waals surface area contributed by atoms with Gasteiger partial charge < -0.3 is 9.88 Å². The van der Waals surface area contributed by atoms with Crippen LogP contribution in [0.5, 0.6) is 0 Å². The van der Waals surface area contributed by atoms with Crippen molar-refractivity contribution in [2.75, 3.05) is 19.4 Å². The van der Waals surface area contributed by atoms with Gasteiger partial charge in [0, 0.05) is 38.3 Å². The molecule has 0 bridgehead atoms. The molecule has 1 amide bonds. The predicted octanol–water partition coefficient (Wildman–Crippen LogP) is 3.54. The number of sulfonamides is 1. The Kier molecular flexibility index (Phi) is 6.61. The van der Waals surface area contributed by atoms with E-state index in [1.54, 1.807) is 18.2 Å². The number of nitrogens with one attached hydrogen (secondary N) is 1. The van der Waals surface area contributed by atoms with Gasteiger partial charge in [0.2, 0.25) is 21.8 Å². The maximum Gasteiger partial charge on any atom is 0.449 e. The Hall–Kier alpha value is -3.25. The number of Topliss-reactive ketones (excluding diaryl/α,β-unsaturated/α-hetero) is 1. The van der Waals surface area contributed by atoms with E-state index in [0.717, 1.165) is 14.9 Å². The number of alkyl halides is 3. The predicted molar refractivity (Wildman–Crippen MR) is 115 cm³/mol. The molecule has 2 aromatic carbocycles. The highest BCUT2D eigenvalue weighted by molar-refractivity contribution is 7.89. The van der Waals surface area contributed by atoms with Crippen LogP contribution in [0.2, 0.25) is 0 Å². The Morgan fingerprint density at radius 3 is 2.42 bits per heavy atom. The lowest BCUT2D eigenvalue weighted by atomic mass is 10.1. The van der Waals surface area contributed by atoms with Crippen LogP contribution in [0.15, 0.2) is 47.4 Å². The van der Waals surface area contributed by atoms with Gasteiger partial charge in [0.1, 0.15) is 0 Å². The van der Waals surface area contributed by atoms with Gasteiger partial charge in [0.05, 0.1) is 15.9 Å². The molecule has 3 aromatic rings. The van der Waals surface area contributed by atoms with Crippen molar-refractivity contribution in [3.63, 3.8) is 0 Å². The number of imidazole rings is 1. The highest BCUT2D eigenvalue weighted by Gasteiger charge is 2.38. The first-order chi connectivity index (χ1) is 15.3. The molecule has 0 atom stereocenters. The van der Waals surface area contributed by atoms with E-state index in [9.17, 15) is 31.2 Å². The smallest absolute Gasteiger partial charge is 0.326 e. The summed E-state index contributed by atoms with van der Waals surface area (Å²) in [5.41, 5.74) is 0.625. The number of ketones is 1. The number of aryl methyl sites for hydroxylation is 1. The van der Waals surface area contributed by atoms with E-state index in [0.29, 0.717) is 11.3 Å². The maximum absolute atomic E-state index is 13.6. The molecule has 0 unspecified atom stereocenters. The molecule has 33 heavy (non-hydrogen) atoms. The van der Waals surface area contributed by atoms with Gasteiger partial charge in [-0.1, -0.05) is 12.1 Å². The lowest BCUT2D eigenvalue weighted by molar-refractivity contribution is -0.147. The summed E-state index contributed by atoms with van der Waals surface area (Å²) in [5, 5.41) is 2.56. The average molecular weight is 482 g/mol. The number of hydrogen-bond donors (Lipinski definition) is 1. The fourth-order valence-corrected chi connectivity index (χ4v) is 4.10. The van der Waals surface area contributed by atoms with Crippen LogP contribution in [0.4, 0.5) is 18.9 Å². The van der Waals surface area contributed by atoms with Crippen molar-refractivity contribution >= 4 is 38.4 Å². The normalized spacial score (nSPS) is 12.3. The van der Waals surface area contributed by atoms with Gasteiger partial charge in [-0.25, -0.2) is 17.7 Å². The van der Waals surface area contributed by atoms with E-state index in [1.807, 2.05) is 0 Å². The first-order valence-corrected chi connectivity index (χ1v) is 11.2. The lowest BCUT2D eigenvalue weighted by Gasteiger charge is -2.13. The van der Waals surface area contributed by atoms with Gasteiger partial charge in [0.25, 0.3) is 0 Å². The maximum atomic E-state index is 13.6. The van der Waals surface area contributed by atoms with Gasteiger partial charge in [-0.3, -0.25) is 9.59 Å². The molecule has 8 nitrogen and oxygen atoms in total. The Balaban J connectivity index is 1.89. The second-order valence-corrected chi connectivity index (χ2v) is 9.61. The van der Waals surface area contributed by atoms with Crippen molar-refractivity contribution in [1.82, 2.24) is 13.9 Å². The Bertz CT molecular complexity index is 1330. The zero-order chi connectivity index (χ0) is 24.6. The van der Waals surface area contributed by atoms with Crippen LogP contribution in [-0.2, 0) is 27.5 Å². The van der Waals surface area contributed by atoms with E-state index < -0.39 is 27.9 Å². The van der Waals surface area contributed by atoms with E-state index in [4.69, 9.17) is 0 Å². The summed E-state index contributed by atoms with van der Waals surface area (Å²) in [4.78, 5) is 27.2. The molecule has 0 aliphatic heterocycles. The highest BCUT2D eigenvalue weighted by atomic mass is 32.2. The number of rotatable bonds is 7. The summed E-state index contributed by atoms with van der Waals surface area (Å²) in [7, 11) is -1.24. The minimum absolute atomic E-state index is 0.0476. The number of halogens is 3. The molecule has 1 heterocycles. The Morgan fingerprint density at radius 1 is 1.12 bits per heavy atom. The van der Waals surface area contributed by atoms with Crippen LogP contribution in [0, 0.1) is 0 Å². The van der Waals surface area contributed by atoms with E-state index in [1.165, 1.54) is 39.2 Å². The van der Waals surface area contributed by atoms with Crippen LogP contribution in [0.1, 0.15) is 29.5 Å². The molecule has 0 aliphatic rings.